The molecule has 0 heterocycles. The van der Waals surface area contributed by atoms with Gasteiger partial charge in [0.1, 0.15) is 0 Å². The molecule has 2 aromatic rings. The van der Waals surface area contributed by atoms with E-state index in [1.807, 2.05) is 0 Å². The van der Waals surface area contributed by atoms with Crippen molar-refractivity contribution in [1.82, 2.24) is 0 Å². The highest BCUT2D eigenvalue weighted by Gasteiger charge is 2.05. The average molecular weight is 214 g/mol. The van der Waals surface area contributed by atoms with Crippen molar-refractivity contribution < 1.29 is 19.8 Å². The molecule has 80 valence electrons. The van der Waals surface area contributed by atoms with Crippen LogP contribution in [0, 0.1) is 0 Å². The van der Waals surface area contributed by atoms with Gasteiger partial charge in [0.25, 0.3) is 0 Å². The number of carbonyl (C=O) groups excluding carboxylic acids is 2. The molecule has 0 aliphatic rings. The van der Waals surface area contributed by atoms with Gasteiger partial charge in [-0.2, -0.15) is 0 Å². The largest absolute Gasteiger partial charge is 0.545 e. The van der Waals surface area contributed by atoms with E-state index >= 15 is 0 Å². The van der Waals surface area contributed by atoms with Crippen LogP contribution in [-0.2, 0) is 0 Å². The van der Waals surface area contributed by atoms with E-state index in [9.17, 15) is 19.8 Å². The zero-order chi connectivity index (χ0) is 11.7. The smallest absolute Gasteiger partial charge is 0.0721 e. The van der Waals surface area contributed by atoms with Crippen LogP contribution >= 0.6 is 0 Å². The van der Waals surface area contributed by atoms with Gasteiger partial charge < -0.3 is 19.8 Å². The second-order valence-electron chi connectivity index (χ2n) is 3.28. The van der Waals surface area contributed by atoms with Crippen molar-refractivity contribution in [3.8, 4) is 0 Å². The number of fused-ring (bicyclic) bond motifs is 1. The van der Waals surface area contributed by atoms with Crippen LogP contribution in [0.1, 0.15) is 20.7 Å². The second-order valence-corrected chi connectivity index (χ2v) is 3.28. The molecule has 4 heteroatoms. The predicted octanol–water partition coefficient (Wildman–Crippen LogP) is -0.433. The Hall–Kier alpha value is -2.36. The van der Waals surface area contributed by atoms with Crippen LogP contribution in [0.4, 0.5) is 0 Å². The molecule has 2 rings (SSSR count). The number of hydrogen-bond acceptors (Lipinski definition) is 4. The summed E-state index contributed by atoms with van der Waals surface area (Å²) < 4.78 is 0. The number of rotatable bonds is 2. The average Bonchev–Trinajstić information content (AvgIpc) is 2.27. The zero-order valence-electron chi connectivity index (χ0n) is 8.10. The number of carboxylic acids is 2. The molecule has 0 aliphatic heterocycles. The van der Waals surface area contributed by atoms with Crippen LogP contribution in [0.25, 0.3) is 10.8 Å². The molecular weight excluding hydrogens is 208 g/mol. The first-order valence-corrected chi connectivity index (χ1v) is 4.55. The number of benzene rings is 2. The van der Waals surface area contributed by atoms with Crippen LogP contribution in [0.15, 0.2) is 36.4 Å². The first-order chi connectivity index (χ1) is 7.61. The van der Waals surface area contributed by atoms with Gasteiger partial charge in [-0.15, -0.1) is 0 Å². The Labute approximate surface area is 90.8 Å². The van der Waals surface area contributed by atoms with Gasteiger partial charge >= 0.3 is 0 Å². The molecule has 0 saturated carbocycles. The summed E-state index contributed by atoms with van der Waals surface area (Å²) in [5.41, 5.74) is -0.0544. The summed E-state index contributed by atoms with van der Waals surface area (Å²) in [7, 11) is 0. The van der Waals surface area contributed by atoms with Crippen molar-refractivity contribution in [2.75, 3.05) is 0 Å². The van der Waals surface area contributed by atoms with Crippen molar-refractivity contribution in [2.45, 2.75) is 0 Å². The molecule has 0 spiro atoms. The minimum absolute atomic E-state index is 0.0272. The topological polar surface area (TPSA) is 80.3 Å². The maximum Gasteiger partial charge on any atom is 0.0721 e. The lowest BCUT2D eigenvalue weighted by Gasteiger charge is -2.11. The summed E-state index contributed by atoms with van der Waals surface area (Å²) >= 11 is 0. The standard InChI is InChI=1S/C12H8O4/c13-11(14)9-5-1-3-7-8(9)4-2-6-10(7)12(15)16/h1-6H,(H,13,14)(H,15,16)/p-2. The lowest BCUT2D eigenvalue weighted by molar-refractivity contribution is -0.256. The van der Waals surface area contributed by atoms with Crippen LogP contribution in [-0.4, -0.2) is 11.9 Å². The molecule has 0 radical (unpaired) electrons. The maximum absolute atomic E-state index is 10.8. The van der Waals surface area contributed by atoms with Gasteiger partial charge in [0, 0.05) is 11.1 Å². The molecule has 4 nitrogen and oxygen atoms in total. The number of carbonyl (C=O) groups is 2. The molecule has 0 aromatic heterocycles. The molecule has 0 atom stereocenters. The van der Waals surface area contributed by atoms with Crippen molar-refractivity contribution in [2.24, 2.45) is 0 Å². The minimum Gasteiger partial charge on any atom is -0.545 e. The third-order valence-corrected chi connectivity index (χ3v) is 2.36. The summed E-state index contributed by atoms with van der Waals surface area (Å²) in [6.45, 7) is 0. The van der Waals surface area contributed by atoms with Gasteiger partial charge in [0.05, 0.1) is 11.9 Å². The quantitative estimate of drug-likeness (QED) is 0.679. The Bertz CT molecular complexity index is 533. The lowest BCUT2D eigenvalue weighted by Crippen LogP contribution is -2.24. The Morgan fingerprint density at radius 3 is 1.44 bits per heavy atom. The minimum atomic E-state index is -1.33. The summed E-state index contributed by atoms with van der Waals surface area (Å²) in [5, 5.41) is 22.3. The van der Waals surface area contributed by atoms with E-state index < -0.39 is 11.9 Å². The Morgan fingerprint density at radius 2 is 1.12 bits per heavy atom. The van der Waals surface area contributed by atoms with E-state index in [0.717, 1.165) is 0 Å². The molecule has 0 fully saturated rings. The van der Waals surface area contributed by atoms with E-state index in [1.54, 1.807) is 0 Å². The molecule has 0 N–H and O–H groups in total. The fraction of sp³-hybridized carbons (Fsp3) is 0. The lowest BCUT2D eigenvalue weighted by atomic mass is 10.0. The molecule has 0 unspecified atom stereocenters. The first-order valence-electron chi connectivity index (χ1n) is 4.55. The van der Waals surface area contributed by atoms with E-state index in [-0.39, 0.29) is 11.1 Å². The van der Waals surface area contributed by atoms with E-state index in [4.69, 9.17) is 0 Å². The molecule has 0 bridgehead atoms. The highest BCUT2D eigenvalue weighted by atomic mass is 16.4. The van der Waals surface area contributed by atoms with Gasteiger partial charge in [-0.3, -0.25) is 0 Å². The maximum atomic E-state index is 10.8. The Balaban J connectivity index is 2.86. The number of hydrogen-bond donors (Lipinski definition) is 0. The summed E-state index contributed by atoms with van der Waals surface area (Å²) in [6, 6.07) is 8.76. The van der Waals surface area contributed by atoms with E-state index in [2.05, 4.69) is 0 Å². The van der Waals surface area contributed by atoms with Gasteiger partial charge in [-0.25, -0.2) is 0 Å². The first kappa shape index (κ1) is 10.2. The fourth-order valence-electron chi connectivity index (χ4n) is 1.67. The SMILES string of the molecule is O=C([O-])c1cccc2c(C(=O)[O-])cccc12. The molecule has 0 aliphatic carbocycles. The normalized spacial score (nSPS) is 10.2. The van der Waals surface area contributed by atoms with Gasteiger partial charge in [-0.1, -0.05) is 36.4 Å². The number of aromatic carboxylic acids is 2. The van der Waals surface area contributed by atoms with Gasteiger partial charge in [0.2, 0.25) is 0 Å². The fourth-order valence-corrected chi connectivity index (χ4v) is 1.67. The van der Waals surface area contributed by atoms with Crippen LogP contribution in [0.3, 0.4) is 0 Å². The Kier molecular flexibility index (Phi) is 2.32. The summed E-state index contributed by atoms with van der Waals surface area (Å²) in [5.74, 6) is -2.66. The van der Waals surface area contributed by atoms with Crippen LogP contribution in [0.2, 0.25) is 0 Å². The zero-order valence-corrected chi connectivity index (χ0v) is 8.10. The number of carboxylic acid groups (broad SMARTS) is 2. The monoisotopic (exact) mass is 214 g/mol. The molecule has 2 aromatic carbocycles. The highest BCUT2D eigenvalue weighted by molar-refractivity contribution is 6.09. The molecular formula is C12H6O4-2. The highest BCUT2D eigenvalue weighted by Crippen LogP contribution is 2.21. The Morgan fingerprint density at radius 1 is 0.750 bits per heavy atom. The van der Waals surface area contributed by atoms with Crippen molar-refractivity contribution in [1.29, 1.82) is 0 Å². The van der Waals surface area contributed by atoms with E-state index in [1.165, 1.54) is 36.4 Å². The van der Waals surface area contributed by atoms with E-state index in [0.29, 0.717) is 10.8 Å². The van der Waals surface area contributed by atoms with Crippen molar-refractivity contribution >= 4 is 22.7 Å². The predicted molar refractivity (Wildman–Crippen MR) is 52.6 cm³/mol. The van der Waals surface area contributed by atoms with Crippen LogP contribution < -0.4 is 10.2 Å². The molecule has 0 amide bonds. The van der Waals surface area contributed by atoms with Crippen molar-refractivity contribution in [3.63, 3.8) is 0 Å². The molecule has 0 saturated heterocycles. The summed E-state index contributed by atoms with van der Waals surface area (Å²) in [6.07, 6.45) is 0. The second kappa shape index (κ2) is 3.66. The third kappa shape index (κ3) is 1.50. The summed E-state index contributed by atoms with van der Waals surface area (Å²) in [4.78, 5) is 21.6. The van der Waals surface area contributed by atoms with Crippen LogP contribution in [0.5, 0.6) is 0 Å². The molecule has 16 heavy (non-hydrogen) atoms. The van der Waals surface area contributed by atoms with Crippen molar-refractivity contribution in [3.05, 3.63) is 47.5 Å². The van der Waals surface area contributed by atoms with Gasteiger partial charge in [-0.05, 0) is 10.8 Å². The third-order valence-electron chi connectivity index (χ3n) is 2.36. The van der Waals surface area contributed by atoms with Gasteiger partial charge in [0.15, 0.2) is 0 Å².